The number of amides is 2. The second-order valence-electron chi connectivity index (χ2n) is 5.35. The molecule has 1 saturated carbocycles. The lowest BCUT2D eigenvalue weighted by Gasteiger charge is -2.38. The van der Waals surface area contributed by atoms with E-state index < -0.39 is 5.97 Å². The minimum atomic E-state index is -0.753. The lowest BCUT2D eigenvalue weighted by molar-refractivity contribution is -0.146. The zero-order valence-corrected chi connectivity index (χ0v) is 10.7. The van der Waals surface area contributed by atoms with Crippen LogP contribution < -0.4 is 0 Å². The molecule has 19 heavy (non-hydrogen) atoms. The predicted octanol–water partition coefficient (Wildman–Crippen LogP) is 1.29. The standard InChI is InChI=1S/C13H17N3O3/c1-15-11(10-3-2-4-14-10)7-16(13(15)19)9-5-8(6-9)12(17)18/h2-4,8-9,11,14H,5-7H2,1H3,(H,17,18). The van der Waals surface area contributed by atoms with Crippen LogP contribution in [0.3, 0.4) is 0 Å². The summed E-state index contributed by atoms with van der Waals surface area (Å²) in [5.41, 5.74) is 1.02. The summed E-state index contributed by atoms with van der Waals surface area (Å²) in [7, 11) is 1.79. The number of hydrogen-bond acceptors (Lipinski definition) is 2. The molecular formula is C13H17N3O3. The van der Waals surface area contributed by atoms with Gasteiger partial charge in [-0.05, 0) is 25.0 Å². The number of likely N-dealkylation sites (N-methyl/N-ethyl adjacent to an activating group) is 1. The Balaban J connectivity index is 1.69. The highest BCUT2D eigenvalue weighted by molar-refractivity contribution is 5.78. The van der Waals surface area contributed by atoms with Crippen molar-refractivity contribution < 1.29 is 14.7 Å². The molecule has 2 aliphatic rings. The average Bonchev–Trinajstić information content (AvgIpc) is 2.90. The SMILES string of the molecule is CN1C(=O)N(C2CC(C(=O)O)C2)CC1c1ccc[nH]1. The largest absolute Gasteiger partial charge is 0.481 e. The van der Waals surface area contributed by atoms with E-state index in [1.165, 1.54) is 0 Å². The number of aromatic amines is 1. The Morgan fingerprint density at radius 2 is 2.21 bits per heavy atom. The number of nitrogens with one attached hydrogen (secondary N) is 1. The molecule has 1 aliphatic carbocycles. The molecule has 0 bridgehead atoms. The molecule has 0 spiro atoms. The molecule has 3 rings (SSSR count). The van der Waals surface area contributed by atoms with Crippen molar-refractivity contribution in [3.8, 4) is 0 Å². The smallest absolute Gasteiger partial charge is 0.320 e. The van der Waals surface area contributed by atoms with Gasteiger partial charge in [0.2, 0.25) is 0 Å². The molecule has 2 amide bonds. The fourth-order valence-electron chi connectivity index (χ4n) is 2.93. The van der Waals surface area contributed by atoms with E-state index in [2.05, 4.69) is 4.98 Å². The molecule has 102 valence electrons. The molecule has 6 nitrogen and oxygen atoms in total. The third-order valence-corrected chi connectivity index (χ3v) is 4.27. The van der Waals surface area contributed by atoms with Crippen LogP contribution in [-0.4, -0.2) is 51.5 Å². The van der Waals surface area contributed by atoms with E-state index in [1.54, 1.807) is 11.9 Å². The number of nitrogens with zero attached hydrogens (tertiary/aromatic N) is 2. The Bertz CT molecular complexity index is 493. The Kier molecular flexibility index (Phi) is 2.73. The number of carboxylic acid groups (broad SMARTS) is 1. The molecule has 1 aliphatic heterocycles. The highest BCUT2D eigenvalue weighted by Crippen LogP contribution is 2.37. The first-order chi connectivity index (χ1) is 9.08. The fraction of sp³-hybridized carbons (Fsp3) is 0.538. The van der Waals surface area contributed by atoms with Gasteiger partial charge in [-0.3, -0.25) is 4.79 Å². The molecule has 0 radical (unpaired) electrons. The second-order valence-corrected chi connectivity index (χ2v) is 5.35. The van der Waals surface area contributed by atoms with Crippen LogP contribution in [0, 0.1) is 5.92 Å². The first-order valence-electron chi connectivity index (χ1n) is 6.47. The van der Waals surface area contributed by atoms with E-state index in [-0.39, 0.29) is 24.0 Å². The highest BCUT2D eigenvalue weighted by atomic mass is 16.4. The van der Waals surface area contributed by atoms with E-state index in [4.69, 9.17) is 5.11 Å². The minimum Gasteiger partial charge on any atom is -0.481 e. The Hall–Kier alpha value is -1.98. The molecule has 1 unspecified atom stereocenters. The molecule has 1 aromatic rings. The number of aliphatic carboxylic acids is 1. The number of hydrogen-bond donors (Lipinski definition) is 2. The Morgan fingerprint density at radius 3 is 2.79 bits per heavy atom. The van der Waals surface area contributed by atoms with Crippen molar-refractivity contribution in [3.63, 3.8) is 0 Å². The van der Waals surface area contributed by atoms with Gasteiger partial charge in [-0.15, -0.1) is 0 Å². The summed E-state index contributed by atoms with van der Waals surface area (Å²) in [5.74, 6) is -1.04. The number of rotatable bonds is 3. The van der Waals surface area contributed by atoms with Crippen molar-refractivity contribution in [2.24, 2.45) is 5.92 Å². The van der Waals surface area contributed by atoms with E-state index in [0.29, 0.717) is 19.4 Å². The van der Waals surface area contributed by atoms with Crippen LogP contribution in [0.5, 0.6) is 0 Å². The summed E-state index contributed by atoms with van der Waals surface area (Å²) < 4.78 is 0. The fourth-order valence-corrected chi connectivity index (χ4v) is 2.93. The van der Waals surface area contributed by atoms with Crippen LogP contribution in [0.1, 0.15) is 24.6 Å². The second kappa shape index (κ2) is 4.29. The molecule has 0 aromatic carbocycles. The predicted molar refractivity (Wildman–Crippen MR) is 67.5 cm³/mol. The maximum atomic E-state index is 12.2. The molecule has 1 saturated heterocycles. The lowest BCUT2D eigenvalue weighted by Crippen LogP contribution is -2.48. The molecule has 2 fully saturated rings. The van der Waals surface area contributed by atoms with Gasteiger partial charge in [0.25, 0.3) is 0 Å². The number of carboxylic acids is 1. The van der Waals surface area contributed by atoms with Gasteiger partial charge >= 0.3 is 12.0 Å². The van der Waals surface area contributed by atoms with E-state index in [9.17, 15) is 9.59 Å². The quantitative estimate of drug-likeness (QED) is 0.862. The van der Waals surface area contributed by atoms with Gasteiger partial charge in [-0.1, -0.05) is 0 Å². The zero-order chi connectivity index (χ0) is 13.6. The van der Waals surface area contributed by atoms with Gasteiger partial charge in [-0.2, -0.15) is 0 Å². The molecule has 2 N–H and O–H groups in total. The van der Waals surface area contributed by atoms with Gasteiger partial charge in [-0.25, -0.2) is 4.79 Å². The van der Waals surface area contributed by atoms with E-state index >= 15 is 0 Å². The highest BCUT2D eigenvalue weighted by Gasteiger charge is 2.45. The lowest BCUT2D eigenvalue weighted by atomic mass is 9.79. The van der Waals surface area contributed by atoms with Gasteiger partial charge in [0, 0.05) is 31.5 Å². The van der Waals surface area contributed by atoms with Crippen molar-refractivity contribution >= 4 is 12.0 Å². The maximum Gasteiger partial charge on any atom is 0.320 e. The van der Waals surface area contributed by atoms with Crippen molar-refractivity contribution in [2.45, 2.75) is 24.9 Å². The monoisotopic (exact) mass is 263 g/mol. The van der Waals surface area contributed by atoms with Crippen molar-refractivity contribution in [3.05, 3.63) is 24.0 Å². The van der Waals surface area contributed by atoms with Crippen LogP contribution in [0.2, 0.25) is 0 Å². The Morgan fingerprint density at radius 1 is 1.47 bits per heavy atom. The number of H-pyrrole nitrogens is 1. The Labute approximate surface area is 111 Å². The molecule has 6 heteroatoms. The van der Waals surface area contributed by atoms with Crippen molar-refractivity contribution in [1.82, 2.24) is 14.8 Å². The first kappa shape index (κ1) is 12.1. The number of aromatic nitrogens is 1. The van der Waals surface area contributed by atoms with Crippen LogP contribution in [0.15, 0.2) is 18.3 Å². The topological polar surface area (TPSA) is 76.6 Å². The normalized spacial score (nSPS) is 30.6. The van der Waals surface area contributed by atoms with Crippen molar-refractivity contribution in [2.75, 3.05) is 13.6 Å². The minimum absolute atomic E-state index is 0.00608. The summed E-state index contributed by atoms with van der Waals surface area (Å²) in [6.45, 7) is 0.632. The van der Waals surface area contributed by atoms with Gasteiger partial charge in [0.15, 0.2) is 0 Å². The number of carbonyl (C=O) groups excluding carboxylic acids is 1. The van der Waals surface area contributed by atoms with Gasteiger partial charge in [0.05, 0.1) is 12.0 Å². The third kappa shape index (κ3) is 1.87. The van der Waals surface area contributed by atoms with Crippen LogP contribution >= 0.6 is 0 Å². The van der Waals surface area contributed by atoms with Crippen LogP contribution in [0.4, 0.5) is 4.79 Å². The first-order valence-corrected chi connectivity index (χ1v) is 6.47. The molecule has 2 heterocycles. The maximum absolute atomic E-state index is 12.2. The number of urea groups is 1. The third-order valence-electron chi connectivity index (χ3n) is 4.27. The molecular weight excluding hydrogens is 246 g/mol. The average molecular weight is 263 g/mol. The number of carbonyl (C=O) groups is 2. The van der Waals surface area contributed by atoms with E-state index in [0.717, 1.165) is 5.69 Å². The van der Waals surface area contributed by atoms with Crippen LogP contribution in [-0.2, 0) is 4.79 Å². The van der Waals surface area contributed by atoms with Crippen LogP contribution in [0.25, 0.3) is 0 Å². The zero-order valence-electron chi connectivity index (χ0n) is 10.7. The summed E-state index contributed by atoms with van der Waals surface area (Å²) in [6.07, 6.45) is 3.00. The summed E-state index contributed by atoms with van der Waals surface area (Å²) in [6, 6.07) is 4.00. The van der Waals surface area contributed by atoms with Gasteiger partial charge in [0.1, 0.15) is 0 Å². The summed E-state index contributed by atoms with van der Waals surface area (Å²) in [4.78, 5) is 29.7. The summed E-state index contributed by atoms with van der Waals surface area (Å²) >= 11 is 0. The van der Waals surface area contributed by atoms with E-state index in [1.807, 2.05) is 23.2 Å². The van der Waals surface area contributed by atoms with Gasteiger partial charge < -0.3 is 19.9 Å². The summed E-state index contributed by atoms with van der Waals surface area (Å²) in [5, 5.41) is 8.90. The molecule has 1 atom stereocenters. The molecule has 1 aromatic heterocycles. The van der Waals surface area contributed by atoms with Crippen molar-refractivity contribution in [1.29, 1.82) is 0 Å².